The third kappa shape index (κ3) is 7.44. The highest BCUT2D eigenvalue weighted by Gasteiger charge is 2.15. The van der Waals surface area contributed by atoms with E-state index in [0.717, 1.165) is 11.3 Å². The van der Waals surface area contributed by atoms with Crippen molar-refractivity contribution >= 4 is 51.6 Å². The molecule has 0 bridgehead atoms. The highest BCUT2D eigenvalue weighted by molar-refractivity contribution is 14.1. The number of nitrogens with one attached hydrogen (secondary N) is 1. The van der Waals surface area contributed by atoms with Crippen molar-refractivity contribution in [3.05, 3.63) is 91.0 Å². The van der Waals surface area contributed by atoms with E-state index in [0.29, 0.717) is 32.9 Å². The van der Waals surface area contributed by atoms with Crippen LogP contribution in [-0.2, 0) is 11.4 Å². The second kappa shape index (κ2) is 12.7. The van der Waals surface area contributed by atoms with E-state index in [1.807, 2.05) is 44.1 Å². The number of hydrogen-bond acceptors (Lipinski definition) is 7. The van der Waals surface area contributed by atoms with Gasteiger partial charge in [0.25, 0.3) is 11.6 Å². The van der Waals surface area contributed by atoms with Crippen LogP contribution in [-0.4, -0.2) is 31.5 Å². The van der Waals surface area contributed by atoms with Crippen LogP contribution < -0.4 is 19.7 Å². The van der Waals surface area contributed by atoms with E-state index in [2.05, 4.69) is 27.9 Å². The molecular weight excluding hydrogens is 587 g/mol. The lowest BCUT2D eigenvalue weighted by Gasteiger charge is -2.15. The SMILES string of the molecule is CCOc1cc(/C=C(/C#N)C(=O)Nc2ccc(N(C)C)cc2)cc(I)c1OCc1ccc([N+](=O)[O-])cc1. The van der Waals surface area contributed by atoms with E-state index in [4.69, 9.17) is 9.47 Å². The van der Waals surface area contributed by atoms with Gasteiger partial charge in [-0.3, -0.25) is 14.9 Å². The number of nitro benzene ring substituents is 1. The van der Waals surface area contributed by atoms with E-state index in [-0.39, 0.29) is 17.9 Å². The molecule has 0 saturated carbocycles. The van der Waals surface area contributed by atoms with Crippen molar-refractivity contribution in [2.24, 2.45) is 0 Å². The number of rotatable bonds is 10. The summed E-state index contributed by atoms with van der Waals surface area (Å²) >= 11 is 2.10. The first-order valence-corrected chi connectivity index (χ1v) is 12.3. The van der Waals surface area contributed by atoms with E-state index in [9.17, 15) is 20.2 Å². The molecule has 0 aromatic heterocycles. The number of nitro groups is 1. The molecule has 190 valence electrons. The Bertz CT molecular complexity index is 1350. The van der Waals surface area contributed by atoms with Crippen molar-refractivity contribution in [1.29, 1.82) is 5.26 Å². The van der Waals surface area contributed by atoms with Crippen LogP contribution in [0.2, 0.25) is 0 Å². The van der Waals surface area contributed by atoms with Gasteiger partial charge in [-0.15, -0.1) is 0 Å². The Kier molecular flexibility index (Phi) is 9.45. The van der Waals surface area contributed by atoms with Crippen molar-refractivity contribution in [1.82, 2.24) is 0 Å². The summed E-state index contributed by atoms with van der Waals surface area (Å²) in [6, 6.07) is 18.9. The number of halogens is 1. The predicted octanol–water partition coefficient (Wildman–Crippen LogP) is 5.79. The third-order valence-corrected chi connectivity index (χ3v) is 5.98. The zero-order valence-corrected chi connectivity index (χ0v) is 22.7. The summed E-state index contributed by atoms with van der Waals surface area (Å²) in [5.74, 6) is 0.438. The summed E-state index contributed by atoms with van der Waals surface area (Å²) < 4.78 is 12.5. The molecule has 3 aromatic rings. The average molecular weight is 612 g/mol. The van der Waals surface area contributed by atoms with Crippen LogP contribution in [0.25, 0.3) is 6.08 Å². The Hall–Kier alpha value is -4.11. The average Bonchev–Trinajstić information content (AvgIpc) is 2.87. The molecule has 0 radical (unpaired) electrons. The summed E-state index contributed by atoms with van der Waals surface area (Å²) in [4.78, 5) is 25.1. The summed E-state index contributed by atoms with van der Waals surface area (Å²) in [5, 5.41) is 23.2. The molecule has 0 fully saturated rings. The molecule has 0 aliphatic rings. The second-order valence-corrected chi connectivity index (χ2v) is 9.20. The van der Waals surface area contributed by atoms with Gasteiger partial charge in [0.2, 0.25) is 0 Å². The Morgan fingerprint density at radius 2 is 1.81 bits per heavy atom. The number of carbonyl (C=O) groups excluding carboxylic acids is 1. The van der Waals surface area contributed by atoms with Gasteiger partial charge >= 0.3 is 0 Å². The molecule has 10 heteroatoms. The van der Waals surface area contributed by atoms with Gasteiger partial charge in [0.05, 0.1) is 15.1 Å². The number of carbonyl (C=O) groups is 1. The monoisotopic (exact) mass is 612 g/mol. The summed E-state index contributed by atoms with van der Waals surface area (Å²) in [5.41, 5.74) is 2.88. The maximum Gasteiger partial charge on any atom is 0.269 e. The van der Waals surface area contributed by atoms with Gasteiger partial charge in [-0.1, -0.05) is 0 Å². The highest BCUT2D eigenvalue weighted by atomic mass is 127. The molecule has 3 rings (SSSR count). The van der Waals surface area contributed by atoms with Gasteiger partial charge in [-0.05, 0) is 95.2 Å². The molecule has 3 aromatic carbocycles. The lowest BCUT2D eigenvalue weighted by atomic mass is 10.1. The standard InChI is InChI=1S/C27H25IN4O5/c1-4-36-25-15-19(13-20(16-29)27(33)30-21-7-11-22(12-8-21)31(2)3)14-24(28)26(25)37-17-18-5-9-23(10-6-18)32(34)35/h5-15H,4,17H2,1-3H3,(H,30,33)/b20-13-. The molecule has 0 aliphatic heterocycles. The van der Waals surface area contributed by atoms with Gasteiger partial charge in [0, 0.05) is 37.6 Å². The smallest absolute Gasteiger partial charge is 0.269 e. The normalized spacial score (nSPS) is 10.8. The van der Waals surface area contributed by atoms with E-state index < -0.39 is 10.8 Å². The lowest BCUT2D eigenvalue weighted by Crippen LogP contribution is -2.14. The van der Waals surface area contributed by atoms with Gasteiger partial charge in [0.15, 0.2) is 11.5 Å². The molecule has 0 heterocycles. The van der Waals surface area contributed by atoms with Crippen LogP contribution in [0, 0.1) is 25.0 Å². The summed E-state index contributed by atoms with van der Waals surface area (Å²) in [7, 11) is 3.85. The largest absolute Gasteiger partial charge is 0.490 e. The molecule has 1 amide bonds. The zero-order valence-electron chi connectivity index (χ0n) is 20.5. The minimum atomic E-state index is -0.522. The Morgan fingerprint density at radius 1 is 1.14 bits per heavy atom. The Labute approximate surface area is 228 Å². The Morgan fingerprint density at radius 3 is 2.38 bits per heavy atom. The quantitative estimate of drug-likeness (QED) is 0.101. The number of ether oxygens (including phenoxy) is 2. The number of nitrogens with zero attached hydrogens (tertiary/aromatic N) is 3. The molecule has 0 saturated heterocycles. The Balaban J connectivity index is 1.80. The first-order chi connectivity index (χ1) is 17.7. The minimum Gasteiger partial charge on any atom is -0.490 e. The van der Waals surface area contributed by atoms with E-state index in [1.165, 1.54) is 18.2 Å². The molecule has 1 N–H and O–H groups in total. The maximum atomic E-state index is 12.7. The number of non-ortho nitro benzene ring substituents is 1. The first-order valence-electron chi connectivity index (χ1n) is 11.2. The van der Waals surface area contributed by atoms with E-state index >= 15 is 0 Å². The second-order valence-electron chi connectivity index (χ2n) is 8.04. The number of benzene rings is 3. The molecular formula is C27H25IN4O5. The number of nitriles is 1. The van der Waals surface area contributed by atoms with Gasteiger partial charge in [0.1, 0.15) is 18.2 Å². The van der Waals surface area contributed by atoms with Crippen LogP contribution in [0.15, 0.2) is 66.2 Å². The summed E-state index contributed by atoms with van der Waals surface area (Å²) in [6.07, 6.45) is 1.49. The van der Waals surface area contributed by atoms with Crippen molar-refractivity contribution in [2.45, 2.75) is 13.5 Å². The predicted molar refractivity (Wildman–Crippen MR) is 151 cm³/mol. The molecule has 37 heavy (non-hydrogen) atoms. The van der Waals surface area contributed by atoms with Crippen LogP contribution in [0.1, 0.15) is 18.1 Å². The zero-order chi connectivity index (χ0) is 26.9. The minimum absolute atomic E-state index is 0.00684. The van der Waals surface area contributed by atoms with E-state index in [1.54, 1.807) is 36.4 Å². The van der Waals surface area contributed by atoms with Gasteiger partial charge in [-0.2, -0.15) is 5.26 Å². The topological polar surface area (TPSA) is 118 Å². The molecule has 0 atom stereocenters. The molecule has 9 nitrogen and oxygen atoms in total. The highest BCUT2D eigenvalue weighted by Crippen LogP contribution is 2.35. The summed E-state index contributed by atoms with van der Waals surface area (Å²) in [6.45, 7) is 2.40. The first kappa shape index (κ1) is 27.5. The lowest BCUT2D eigenvalue weighted by molar-refractivity contribution is -0.384. The number of hydrogen-bond donors (Lipinski definition) is 1. The van der Waals surface area contributed by atoms with Gasteiger partial charge in [-0.25, -0.2) is 0 Å². The molecule has 0 aliphatic carbocycles. The number of amides is 1. The van der Waals surface area contributed by atoms with Crippen molar-refractivity contribution < 1.29 is 19.2 Å². The molecule has 0 spiro atoms. The fraction of sp³-hybridized carbons (Fsp3) is 0.185. The number of anilines is 2. The molecule has 0 unspecified atom stereocenters. The van der Waals surface area contributed by atoms with Gasteiger partial charge < -0.3 is 19.7 Å². The fourth-order valence-corrected chi connectivity index (χ4v) is 4.08. The maximum absolute atomic E-state index is 12.7. The fourth-order valence-electron chi connectivity index (χ4n) is 3.30. The van der Waals surface area contributed by atoms with Crippen LogP contribution in [0.5, 0.6) is 11.5 Å². The van der Waals surface area contributed by atoms with Crippen LogP contribution >= 0.6 is 22.6 Å². The third-order valence-electron chi connectivity index (χ3n) is 5.18. The van der Waals surface area contributed by atoms with Crippen LogP contribution in [0.4, 0.5) is 17.1 Å². The van der Waals surface area contributed by atoms with Crippen molar-refractivity contribution in [2.75, 3.05) is 30.9 Å². The van der Waals surface area contributed by atoms with Crippen LogP contribution in [0.3, 0.4) is 0 Å². The van der Waals surface area contributed by atoms with Crippen molar-refractivity contribution in [3.63, 3.8) is 0 Å². The van der Waals surface area contributed by atoms with Crippen molar-refractivity contribution in [3.8, 4) is 17.6 Å².